The molecular weight excluding hydrogens is 260 g/mol. The molecule has 0 amide bonds. The highest BCUT2D eigenvalue weighted by Crippen LogP contribution is 2.23. The Hall–Kier alpha value is -1.06. The van der Waals surface area contributed by atoms with Crippen molar-refractivity contribution in [2.24, 2.45) is 11.7 Å². The van der Waals surface area contributed by atoms with E-state index < -0.39 is 0 Å². The zero-order chi connectivity index (χ0) is 13.7. The summed E-state index contributed by atoms with van der Waals surface area (Å²) in [5.74, 6) is 1.48. The molecule has 1 aromatic heterocycles. The van der Waals surface area contributed by atoms with E-state index in [4.69, 9.17) is 21.8 Å². The molecule has 3 nitrogen and oxygen atoms in total. The molecule has 1 unspecified atom stereocenters. The van der Waals surface area contributed by atoms with Gasteiger partial charge in [0.15, 0.2) is 11.5 Å². The molecular formula is C15H21ClN2O. The normalized spacial score (nSPS) is 13.0. The number of benzene rings is 1. The van der Waals surface area contributed by atoms with Gasteiger partial charge < -0.3 is 10.2 Å². The Bertz CT molecular complexity index is 518. The van der Waals surface area contributed by atoms with Crippen LogP contribution in [0.5, 0.6) is 0 Å². The first-order valence-electron chi connectivity index (χ1n) is 6.98. The van der Waals surface area contributed by atoms with Crippen LogP contribution in [0.25, 0.3) is 11.1 Å². The van der Waals surface area contributed by atoms with Gasteiger partial charge in [0, 0.05) is 11.4 Å². The lowest BCUT2D eigenvalue weighted by Gasteiger charge is -2.13. The molecule has 2 N–H and O–H groups in total. The van der Waals surface area contributed by atoms with Crippen LogP contribution < -0.4 is 5.73 Å². The maximum Gasteiger partial charge on any atom is 0.195 e. The monoisotopic (exact) mass is 280 g/mol. The largest absolute Gasteiger partial charge is 0.441 e. The van der Waals surface area contributed by atoms with Crippen LogP contribution in [0.3, 0.4) is 0 Å². The first-order chi connectivity index (χ1) is 9.22. The number of rotatable bonds is 7. The van der Waals surface area contributed by atoms with Crippen LogP contribution in [-0.4, -0.2) is 11.5 Å². The van der Waals surface area contributed by atoms with Gasteiger partial charge in [-0.05, 0) is 43.5 Å². The van der Waals surface area contributed by atoms with E-state index in [-0.39, 0.29) is 0 Å². The average Bonchev–Trinajstić information content (AvgIpc) is 2.78. The summed E-state index contributed by atoms with van der Waals surface area (Å²) in [6, 6.07) is 5.54. The van der Waals surface area contributed by atoms with Gasteiger partial charge in [-0.15, -0.1) is 0 Å². The highest BCUT2D eigenvalue weighted by molar-refractivity contribution is 6.31. The van der Waals surface area contributed by atoms with Crippen molar-refractivity contribution in [1.29, 1.82) is 0 Å². The SMILES string of the molecule is CCCC(CCN)CCc1nc2cc(Cl)ccc2o1. The Kier molecular flexibility index (Phi) is 5.23. The van der Waals surface area contributed by atoms with Gasteiger partial charge in [0.05, 0.1) is 0 Å². The summed E-state index contributed by atoms with van der Waals surface area (Å²) in [5, 5.41) is 0.694. The summed E-state index contributed by atoms with van der Waals surface area (Å²) in [6.07, 6.45) is 5.47. The molecule has 0 aliphatic carbocycles. The van der Waals surface area contributed by atoms with E-state index in [1.807, 2.05) is 18.2 Å². The fraction of sp³-hybridized carbons (Fsp3) is 0.533. The van der Waals surface area contributed by atoms with Gasteiger partial charge in [-0.25, -0.2) is 4.98 Å². The molecule has 0 aliphatic rings. The molecule has 1 heterocycles. The quantitative estimate of drug-likeness (QED) is 0.828. The van der Waals surface area contributed by atoms with E-state index in [2.05, 4.69) is 11.9 Å². The Morgan fingerprint density at radius 1 is 1.32 bits per heavy atom. The lowest BCUT2D eigenvalue weighted by Crippen LogP contribution is -2.09. The highest BCUT2D eigenvalue weighted by Gasteiger charge is 2.11. The lowest BCUT2D eigenvalue weighted by molar-refractivity contribution is 0.398. The Morgan fingerprint density at radius 2 is 2.16 bits per heavy atom. The number of oxazole rings is 1. The van der Waals surface area contributed by atoms with E-state index in [0.717, 1.165) is 42.8 Å². The maximum atomic E-state index is 5.94. The summed E-state index contributed by atoms with van der Waals surface area (Å²) < 4.78 is 5.73. The van der Waals surface area contributed by atoms with Gasteiger partial charge in [0.2, 0.25) is 0 Å². The number of hydrogen-bond acceptors (Lipinski definition) is 3. The number of nitrogens with two attached hydrogens (primary N) is 1. The van der Waals surface area contributed by atoms with Crippen LogP contribution in [0.2, 0.25) is 5.02 Å². The Balaban J connectivity index is 2.00. The van der Waals surface area contributed by atoms with Gasteiger partial charge >= 0.3 is 0 Å². The van der Waals surface area contributed by atoms with Crippen LogP contribution in [0.15, 0.2) is 22.6 Å². The number of nitrogens with zero attached hydrogens (tertiary/aromatic N) is 1. The smallest absolute Gasteiger partial charge is 0.195 e. The molecule has 0 saturated carbocycles. The second-order valence-electron chi connectivity index (χ2n) is 4.99. The van der Waals surface area contributed by atoms with Crippen LogP contribution in [-0.2, 0) is 6.42 Å². The van der Waals surface area contributed by atoms with Crippen LogP contribution in [0.4, 0.5) is 0 Å². The van der Waals surface area contributed by atoms with Crippen molar-refractivity contribution in [3.8, 4) is 0 Å². The minimum Gasteiger partial charge on any atom is -0.441 e. The molecule has 0 saturated heterocycles. The van der Waals surface area contributed by atoms with Crippen LogP contribution in [0, 0.1) is 5.92 Å². The van der Waals surface area contributed by atoms with Crippen molar-refractivity contribution in [3.05, 3.63) is 29.1 Å². The minimum atomic E-state index is 0.675. The first-order valence-corrected chi connectivity index (χ1v) is 7.35. The summed E-state index contributed by atoms with van der Waals surface area (Å²) in [5.41, 5.74) is 7.30. The van der Waals surface area contributed by atoms with Crippen molar-refractivity contribution in [1.82, 2.24) is 4.98 Å². The highest BCUT2D eigenvalue weighted by atomic mass is 35.5. The van der Waals surface area contributed by atoms with Gasteiger partial charge in [-0.2, -0.15) is 0 Å². The van der Waals surface area contributed by atoms with Crippen molar-refractivity contribution in [2.45, 2.75) is 39.0 Å². The molecule has 1 aromatic carbocycles. The molecule has 0 fully saturated rings. The second-order valence-corrected chi connectivity index (χ2v) is 5.43. The predicted octanol–water partition coefficient (Wildman–Crippen LogP) is 4.18. The van der Waals surface area contributed by atoms with Crippen molar-refractivity contribution in [2.75, 3.05) is 6.54 Å². The molecule has 2 rings (SSSR count). The zero-order valence-electron chi connectivity index (χ0n) is 11.4. The summed E-state index contributed by atoms with van der Waals surface area (Å²) in [6.45, 7) is 2.97. The van der Waals surface area contributed by atoms with Gasteiger partial charge in [0.1, 0.15) is 5.52 Å². The van der Waals surface area contributed by atoms with Gasteiger partial charge in [-0.1, -0.05) is 31.4 Å². The van der Waals surface area contributed by atoms with E-state index in [1.165, 1.54) is 12.8 Å². The number of halogens is 1. The predicted molar refractivity (Wildman–Crippen MR) is 79.4 cm³/mol. The van der Waals surface area contributed by atoms with Crippen molar-refractivity contribution in [3.63, 3.8) is 0 Å². The van der Waals surface area contributed by atoms with Crippen LogP contribution in [0.1, 0.15) is 38.5 Å². The van der Waals surface area contributed by atoms with Crippen LogP contribution >= 0.6 is 11.6 Å². The Morgan fingerprint density at radius 3 is 2.89 bits per heavy atom. The summed E-state index contributed by atoms with van der Waals surface area (Å²) in [4.78, 5) is 4.48. The topological polar surface area (TPSA) is 52.0 Å². The standard InChI is InChI=1S/C15H21ClN2O/c1-2-3-11(8-9-17)4-7-15-18-13-10-12(16)5-6-14(13)19-15/h5-6,10-11H,2-4,7-9,17H2,1H3. The minimum absolute atomic E-state index is 0.675. The molecule has 4 heteroatoms. The second kappa shape index (κ2) is 6.92. The first kappa shape index (κ1) is 14.4. The number of hydrogen-bond donors (Lipinski definition) is 1. The molecule has 1 atom stereocenters. The molecule has 19 heavy (non-hydrogen) atoms. The molecule has 0 spiro atoms. The molecule has 104 valence electrons. The Labute approximate surface area is 119 Å². The third-order valence-electron chi connectivity index (χ3n) is 3.43. The number of aromatic nitrogens is 1. The number of fused-ring (bicyclic) bond motifs is 1. The summed E-state index contributed by atoms with van der Waals surface area (Å²) in [7, 11) is 0. The van der Waals surface area contributed by atoms with Gasteiger partial charge in [-0.3, -0.25) is 0 Å². The summed E-state index contributed by atoms with van der Waals surface area (Å²) >= 11 is 5.94. The lowest BCUT2D eigenvalue weighted by atomic mass is 9.94. The molecule has 0 radical (unpaired) electrons. The molecule has 0 bridgehead atoms. The zero-order valence-corrected chi connectivity index (χ0v) is 12.1. The van der Waals surface area contributed by atoms with Crippen molar-refractivity contribution >= 4 is 22.7 Å². The van der Waals surface area contributed by atoms with Gasteiger partial charge in [0.25, 0.3) is 0 Å². The van der Waals surface area contributed by atoms with E-state index in [1.54, 1.807) is 0 Å². The van der Waals surface area contributed by atoms with E-state index >= 15 is 0 Å². The molecule has 2 aromatic rings. The fourth-order valence-corrected chi connectivity index (χ4v) is 2.63. The third kappa shape index (κ3) is 3.95. The van der Waals surface area contributed by atoms with Crippen molar-refractivity contribution < 1.29 is 4.42 Å². The maximum absolute atomic E-state index is 5.94. The fourth-order valence-electron chi connectivity index (χ4n) is 2.46. The molecule has 0 aliphatic heterocycles. The van der Waals surface area contributed by atoms with E-state index in [0.29, 0.717) is 10.9 Å². The number of aryl methyl sites for hydroxylation is 1. The van der Waals surface area contributed by atoms with E-state index in [9.17, 15) is 0 Å². The average molecular weight is 281 g/mol. The third-order valence-corrected chi connectivity index (χ3v) is 3.67.